The topological polar surface area (TPSA) is 26.0 Å². The first-order chi connectivity index (χ1) is 9.56. The minimum Gasteiger partial charge on any atom is -0.320 e. The molecule has 20 heavy (non-hydrogen) atoms. The Kier molecular flexibility index (Phi) is 5.16. The minimum absolute atomic E-state index is 0.205. The average Bonchev–Trinajstić information content (AvgIpc) is 2.46. The zero-order valence-electron chi connectivity index (χ0n) is 11.8. The molecule has 1 nitrogen and oxygen atoms in total. The number of hydrogen-bond acceptors (Lipinski definition) is 1. The summed E-state index contributed by atoms with van der Waals surface area (Å²) in [6, 6.07) is 11.1. The summed E-state index contributed by atoms with van der Waals surface area (Å²) in [5.41, 5.74) is 11.1. The molecule has 1 unspecified atom stereocenters. The van der Waals surface area contributed by atoms with Gasteiger partial charge in [-0.15, -0.1) is 0 Å². The normalized spacial score (nSPS) is 12.4. The molecule has 2 N–H and O–H groups in total. The van der Waals surface area contributed by atoms with Gasteiger partial charge in [0.25, 0.3) is 0 Å². The Labute approximate surface area is 133 Å². The van der Waals surface area contributed by atoms with E-state index in [-0.39, 0.29) is 11.9 Å². The third kappa shape index (κ3) is 3.20. The molecule has 0 spiro atoms. The van der Waals surface area contributed by atoms with Crippen molar-refractivity contribution in [2.24, 2.45) is 5.73 Å². The van der Waals surface area contributed by atoms with Crippen LogP contribution in [0.5, 0.6) is 0 Å². The van der Waals surface area contributed by atoms with Crippen LogP contribution in [-0.4, -0.2) is 0 Å². The molecule has 0 aliphatic rings. The summed E-state index contributed by atoms with van der Waals surface area (Å²) < 4.78 is 14.1. The van der Waals surface area contributed by atoms with Crippen LogP contribution in [0.1, 0.15) is 42.1 Å². The average molecular weight is 383 g/mol. The lowest BCUT2D eigenvalue weighted by Crippen LogP contribution is -2.16. The quantitative estimate of drug-likeness (QED) is 0.768. The van der Waals surface area contributed by atoms with Gasteiger partial charge in [0.1, 0.15) is 5.82 Å². The lowest BCUT2D eigenvalue weighted by atomic mass is 9.92. The standard InChI is InChI=1S/C17H19FIN/c1-3-11-5-6-12(4-2)15(9-11)17(20)14-8-7-13(18)10-16(14)19/h5-10,17H,3-4,20H2,1-2H3. The molecule has 0 radical (unpaired) electrons. The Morgan fingerprint density at radius 2 is 1.80 bits per heavy atom. The van der Waals surface area contributed by atoms with Crippen LogP contribution in [0.15, 0.2) is 36.4 Å². The van der Waals surface area contributed by atoms with Crippen LogP contribution in [0.2, 0.25) is 0 Å². The van der Waals surface area contributed by atoms with Crippen LogP contribution >= 0.6 is 22.6 Å². The smallest absolute Gasteiger partial charge is 0.124 e. The van der Waals surface area contributed by atoms with Crippen molar-refractivity contribution in [2.45, 2.75) is 32.7 Å². The summed E-state index contributed by atoms with van der Waals surface area (Å²) in [5, 5.41) is 0. The fourth-order valence-corrected chi connectivity index (χ4v) is 3.21. The maximum Gasteiger partial charge on any atom is 0.124 e. The Bertz CT molecular complexity index is 610. The summed E-state index contributed by atoms with van der Waals surface area (Å²) in [4.78, 5) is 0. The maximum absolute atomic E-state index is 13.2. The monoisotopic (exact) mass is 383 g/mol. The molecule has 0 saturated heterocycles. The van der Waals surface area contributed by atoms with Gasteiger partial charge in [0.2, 0.25) is 0 Å². The van der Waals surface area contributed by atoms with Gasteiger partial charge in [-0.3, -0.25) is 0 Å². The first-order valence-corrected chi connectivity index (χ1v) is 7.96. The van der Waals surface area contributed by atoms with E-state index in [1.165, 1.54) is 23.3 Å². The van der Waals surface area contributed by atoms with Crippen LogP contribution in [-0.2, 0) is 12.8 Å². The summed E-state index contributed by atoms with van der Waals surface area (Å²) in [7, 11) is 0. The number of rotatable bonds is 4. The fraction of sp³-hybridized carbons (Fsp3) is 0.294. The number of hydrogen-bond donors (Lipinski definition) is 1. The molecule has 1 atom stereocenters. The molecule has 0 heterocycles. The molecular weight excluding hydrogens is 364 g/mol. The minimum atomic E-state index is -0.219. The highest BCUT2D eigenvalue weighted by atomic mass is 127. The second kappa shape index (κ2) is 6.68. The maximum atomic E-state index is 13.2. The molecule has 0 aromatic heterocycles. The summed E-state index contributed by atoms with van der Waals surface area (Å²) in [6.07, 6.45) is 1.94. The fourth-order valence-electron chi connectivity index (χ4n) is 2.40. The van der Waals surface area contributed by atoms with Crippen molar-refractivity contribution in [2.75, 3.05) is 0 Å². The van der Waals surface area contributed by atoms with E-state index in [4.69, 9.17) is 5.73 Å². The molecule has 106 valence electrons. The highest BCUT2D eigenvalue weighted by molar-refractivity contribution is 14.1. The first-order valence-electron chi connectivity index (χ1n) is 6.89. The van der Waals surface area contributed by atoms with E-state index in [1.54, 1.807) is 6.07 Å². The van der Waals surface area contributed by atoms with Crippen molar-refractivity contribution in [1.82, 2.24) is 0 Å². The summed E-state index contributed by atoms with van der Waals surface area (Å²) >= 11 is 2.15. The zero-order chi connectivity index (χ0) is 14.7. The van der Waals surface area contributed by atoms with Crippen molar-refractivity contribution in [3.8, 4) is 0 Å². The third-order valence-corrected chi connectivity index (χ3v) is 4.57. The SMILES string of the molecule is CCc1ccc(CC)c(C(N)c2ccc(F)cc2I)c1. The Hall–Kier alpha value is -0.940. The van der Waals surface area contributed by atoms with E-state index in [2.05, 4.69) is 54.6 Å². The number of halogens is 2. The Balaban J connectivity index is 2.48. The van der Waals surface area contributed by atoms with Crippen LogP contribution in [0.4, 0.5) is 4.39 Å². The number of aryl methyl sites for hydroxylation is 2. The molecule has 0 bridgehead atoms. The van der Waals surface area contributed by atoms with Crippen molar-refractivity contribution in [3.05, 3.63) is 68.0 Å². The lowest BCUT2D eigenvalue weighted by molar-refractivity contribution is 0.625. The number of benzene rings is 2. The summed E-state index contributed by atoms with van der Waals surface area (Å²) in [6.45, 7) is 4.27. The van der Waals surface area contributed by atoms with Crippen LogP contribution in [0.3, 0.4) is 0 Å². The van der Waals surface area contributed by atoms with Gasteiger partial charge in [0.05, 0.1) is 6.04 Å². The van der Waals surface area contributed by atoms with E-state index in [0.717, 1.165) is 27.5 Å². The van der Waals surface area contributed by atoms with Crippen LogP contribution < -0.4 is 5.73 Å². The van der Waals surface area contributed by atoms with Gasteiger partial charge in [0.15, 0.2) is 0 Å². The van der Waals surface area contributed by atoms with Gasteiger partial charge in [-0.1, -0.05) is 38.1 Å². The van der Waals surface area contributed by atoms with Crippen LogP contribution in [0, 0.1) is 9.39 Å². The predicted octanol–water partition coefficient (Wildman–Crippen LogP) is 4.60. The van der Waals surface area contributed by atoms with E-state index in [1.807, 2.05) is 0 Å². The van der Waals surface area contributed by atoms with Crippen molar-refractivity contribution < 1.29 is 4.39 Å². The first kappa shape index (κ1) is 15.4. The van der Waals surface area contributed by atoms with Gasteiger partial charge < -0.3 is 5.73 Å². The summed E-state index contributed by atoms with van der Waals surface area (Å²) in [5.74, 6) is -0.219. The van der Waals surface area contributed by atoms with Crippen molar-refractivity contribution in [3.63, 3.8) is 0 Å². The molecule has 2 rings (SSSR count). The molecule has 0 fully saturated rings. The van der Waals surface area contributed by atoms with Crippen molar-refractivity contribution >= 4 is 22.6 Å². The highest BCUT2D eigenvalue weighted by Crippen LogP contribution is 2.28. The lowest BCUT2D eigenvalue weighted by Gasteiger charge is -2.19. The van der Waals surface area contributed by atoms with Crippen molar-refractivity contribution in [1.29, 1.82) is 0 Å². The zero-order valence-corrected chi connectivity index (χ0v) is 13.9. The molecule has 2 aromatic carbocycles. The largest absolute Gasteiger partial charge is 0.320 e. The molecule has 0 aliphatic carbocycles. The van der Waals surface area contributed by atoms with Gasteiger partial charge in [-0.05, 0) is 69.8 Å². The molecule has 0 amide bonds. The molecular formula is C17H19FIN. The predicted molar refractivity (Wildman–Crippen MR) is 90.3 cm³/mol. The third-order valence-electron chi connectivity index (χ3n) is 3.63. The van der Waals surface area contributed by atoms with E-state index >= 15 is 0 Å². The van der Waals surface area contributed by atoms with E-state index < -0.39 is 0 Å². The molecule has 2 aromatic rings. The Morgan fingerprint density at radius 3 is 2.40 bits per heavy atom. The van der Waals surface area contributed by atoms with E-state index in [0.29, 0.717) is 0 Å². The van der Waals surface area contributed by atoms with Crippen LogP contribution in [0.25, 0.3) is 0 Å². The molecule has 0 aliphatic heterocycles. The number of nitrogens with two attached hydrogens (primary N) is 1. The second-order valence-electron chi connectivity index (χ2n) is 4.88. The Morgan fingerprint density at radius 1 is 1.05 bits per heavy atom. The van der Waals surface area contributed by atoms with Gasteiger partial charge >= 0.3 is 0 Å². The molecule has 3 heteroatoms. The van der Waals surface area contributed by atoms with Gasteiger partial charge in [-0.25, -0.2) is 4.39 Å². The second-order valence-corrected chi connectivity index (χ2v) is 6.05. The van der Waals surface area contributed by atoms with Gasteiger partial charge in [-0.2, -0.15) is 0 Å². The molecule has 0 saturated carbocycles. The van der Waals surface area contributed by atoms with E-state index in [9.17, 15) is 4.39 Å². The van der Waals surface area contributed by atoms with Gasteiger partial charge in [0, 0.05) is 3.57 Å². The highest BCUT2D eigenvalue weighted by Gasteiger charge is 2.16.